The predicted molar refractivity (Wildman–Crippen MR) is 86.4 cm³/mol. The van der Waals surface area contributed by atoms with Gasteiger partial charge in [-0.25, -0.2) is 0 Å². The Bertz CT molecular complexity index is 549. The SMILES string of the molecule is CCOC(=O)CCC(=O)NC(=S)Nc1cccc(Cl)c1C. The topological polar surface area (TPSA) is 67.4 Å². The van der Waals surface area contributed by atoms with Gasteiger partial charge in [0.25, 0.3) is 0 Å². The van der Waals surface area contributed by atoms with Crippen molar-refractivity contribution < 1.29 is 14.3 Å². The highest BCUT2D eigenvalue weighted by molar-refractivity contribution is 7.80. The molecule has 0 saturated carbocycles. The number of esters is 1. The minimum absolute atomic E-state index is 0.0230. The minimum Gasteiger partial charge on any atom is -0.466 e. The zero-order chi connectivity index (χ0) is 15.8. The van der Waals surface area contributed by atoms with E-state index in [1.807, 2.05) is 6.92 Å². The summed E-state index contributed by atoms with van der Waals surface area (Å²) in [7, 11) is 0. The van der Waals surface area contributed by atoms with E-state index in [4.69, 9.17) is 28.6 Å². The average molecular weight is 329 g/mol. The molecule has 1 amide bonds. The Labute approximate surface area is 134 Å². The molecule has 0 fully saturated rings. The summed E-state index contributed by atoms with van der Waals surface area (Å²) in [6, 6.07) is 5.35. The summed E-state index contributed by atoms with van der Waals surface area (Å²) in [5, 5.41) is 6.17. The first-order chi connectivity index (χ1) is 9.93. The molecule has 2 N–H and O–H groups in total. The quantitative estimate of drug-likeness (QED) is 0.642. The van der Waals surface area contributed by atoms with Gasteiger partial charge >= 0.3 is 5.97 Å². The third-order valence-electron chi connectivity index (χ3n) is 2.63. The fraction of sp³-hybridized carbons (Fsp3) is 0.357. The van der Waals surface area contributed by atoms with Gasteiger partial charge in [-0.15, -0.1) is 0 Å². The van der Waals surface area contributed by atoms with Crippen LogP contribution >= 0.6 is 23.8 Å². The molecule has 0 atom stereocenters. The maximum Gasteiger partial charge on any atom is 0.306 e. The molecule has 0 aliphatic carbocycles. The fourth-order valence-electron chi connectivity index (χ4n) is 1.53. The maximum absolute atomic E-state index is 11.6. The summed E-state index contributed by atoms with van der Waals surface area (Å²) in [6.07, 6.45) is 0.0493. The number of rotatable bonds is 5. The van der Waals surface area contributed by atoms with E-state index in [9.17, 15) is 9.59 Å². The minimum atomic E-state index is -0.405. The Hall–Kier alpha value is -1.66. The number of nitrogens with one attached hydrogen (secondary N) is 2. The Morgan fingerprint density at radius 1 is 1.33 bits per heavy atom. The number of benzene rings is 1. The predicted octanol–water partition coefficient (Wildman–Crippen LogP) is 2.80. The normalized spacial score (nSPS) is 9.86. The van der Waals surface area contributed by atoms with Crippen LogP contribution in [0.4, 0.5) is 5.69 Å². The zero-order valence-corrected chi connectivity index (χ0v) is 13.4. The molecular formula is C14H17ClN2O3S. The average Bonchev–Trinajstić information content (AvgIpc) is 2.42. The number of anilines is 1. The molecule has 21 heavy (non-hydrogen) atoms. The van der Waals surface area contributed by atoms with E-state index >= 15 is 0 Å². The first kappa shape index (κ1) is 17.4. The van der Waals surface area contributed by atoms with E-state index in [1.165, 1.54) is 0 Å². The van der Waals surface area contributed by atoms with Crippen LogP contribution in [-0.4, -0.2) is 23.6 Å². The molecule has 114 valence electrons. The van der Waals surface area contributed by atoms with E-state index in [-0.39, 0.29) is 23.9 Å². The molecule has 0 heterocycles. The number of amides is 1. The van der Waals surface area contributed by atoms with Crippen molar-refractivity contribution in [3.05, 3.63) is 28.8 Å². The van der Waals surface area contributed by atoms with Crippen molar-refractivity contribution >= 4 is 46.5 Å². The lowest BCUT2D eigenvalue weighted by Gasteiger charge is -2.12. The van der Waals surface area contributed by atoms with Gasteiger partial charge in [0.05, 0.1) is 13.0 Å². The molecule has 0 aromatic heterocycles. The molecule has 1 aromatic rings. The van der Waals surface area contributed by atoms with Gasteiger partial charge in [-0.05, 0) is 43.8 Å². The van der Waals surface area contributed by atoms with Crippen LogP contribution in [0.25, 0.3) is 0 Å². The number of hydrogen-bond donors (Lipinski definition) is 2. The van der Waals surface area contributed by atoms with Gasteiger partial charge in [-0.2, -0.15) is 0 Å². The van der Waals surface area contributed by atoms with E-state index in [0.29, 0.717) is 11.6 Å². The summed E-state index contributed by atoms with van der Waals surface area (Å²) in [4.78, 5) is 22.8. The zero-order valence-electron chi connectivity index (χ0n) is 11.9. The number of halogens is 1. The van der Waals surface area contributed by atoms with E-state index in [1.54, 1.807) is 25.1 Å². The molecule has 1 aromatic carbocycles. The maximum atomic E-state index is 11.6. The Morgan fingerprint density at radius 2 is 2.05 bits per heavy atom. The van der Waals surface area contributed by atoms with Crippen molar-refractivity contribution in [3.8, 4) is 0 Å². The van der Waals surface area contributed by atoms with Crippen LogP contribution in [0.15, 0.2) is 18.2 Å². The van der Waals surface area contributed by atoms with Crippen LogP contribution < -0.4 is 10.6 Å². The van der Waals surface area contributed by atoms with Crippen LogP contribution in [0.3, 0.4) is 0 Å². The lowest BCUT2D eigenvalue weighted by Crippen LogP contribution is -2.34. The molecule has 7 heteroatoms. The summed E-state index contributed by atoms with van der Waals surface area (Å²) in [6.45, 7) is 3.86. The number of carbonyl (C=O) groups excluding carboxylic acids is 2. The summed E-state index contributed by atoms with van der Waals surface area (Å²) in [5.41, 5.74) is 1.56. The van der Waals surface area contributed by atoms with Crippen molar-refractivity contribution in [3.63, 3.8) is 0 Å². The van der Waals surface area contributed by atoms with Crippen LogP contribution in [0.1, 0.15) is 25.3 Å². The molecule has 0 radical (unpaired) electrons. The smallest absolute Gasteiger partial charge is 0.306 e. The van der Waals surface area contributed by atoms with Gasteiger partial charge in [0, 0.05) is 17.1 Å². The molecular weight excluding hydrogens is 312 g/mol. The number of thiocarbonyl (C=S) groups is 1. The molecule has 5 nitrogen and oxygen atoms in total. The molecule has 0 bridgehead atoms. The van der Waals surface area contributed by atoms with Crippen LogP contribution in [0.5, 0.6) is 0 Å². The highest BCUT2D eigenvalue weighted by atomic mass is 35.5. The Balaban J connectivity index is 2.45. The second-order valence-electron chi connectivity index (χ2n) is 4.22. The highest BCUT2D eigenvalue weighted by Crippen LogP contribution is 2.22. The van der Waals surface area contributed by atoms with Gasteiger partial charge in [0.2, 0.25) is 5.91 Å². The largest absolute Gasteiger partial charge is 0.466 e. The molecule has 1 rings (SSSR count). The number of carbonyl (C=O) groups is 2. The second kappa shape index (κ2) is 8.59. The second-order valence-corrected chi connectivity index (χ2v) is 5.04. The molecule has 0 aliphatic rings. The third kappa shape index (κ3) is 6.10. The van der Waals surface area contributed by atoms with Crippen LogP contribution in [-0.2, 0) is 14.3 Å². The van der Waals surface area contributed by atoms with E-state index in [0.717, 1.165) is 11.3 Å². The van der Waals surface area contributed by atoms with E-state index < -0.39 is 5.97 Å². The Morgan fingerprint density at radius 3 is 2.71 bits per heavy atom. The van der Waals surface area contributed by atoms with Gasteiger partial charge in [-0.3, -0.25) is 9.59 Å². The lowest BCUT2D eigenvalue weighted by molar-refractivity contribution is -0.144. The van der Waals surface area contributed by atoms with Gasteiger partial charge in [0.15, 0.2) is 5.11 Å². The third-order valence-corrected chi connectivity index (χ3v) is 3.24. The molecule has 0 saturated heterocycles. The highest BCUT2D eigenvalue weighted by Gasteiger charge is 2.10. The molecule has 0 unspecified atom stereocenters. The summed E-state index contributed by atoms with van der Waals surface area (Å²) in [5.74, 6) is -0.752. The lowest BCUT2D eigenvalue weighted by atomic mass is 10.2. The van der Waals surface area contributed by atoms with Crippen LogP contribution in [0, 0.1) is 6.92 Å². The van der Waals surface area contributed by atoms with Crippen molar-refractivity contribution in [1.82, 2.24) is 5.32 Å². The number of ether oxygens (including phenoxy) is 1. The molecule has 0 aliphatic heterocycles. The summed E-state index contributed by atoms with van der Waals surface area (Å²) >= 11 is 11.0. The van der Waals surface area contributed by atoms with Gasteiger partial charge < -0.3 is 15.4 Å². The number of hydrogen-bond acceptors (Lipinski definition) is 4. The first-order valence-electron chi connectivity index (χ1n) is 6.45. The van der Waals surface area contributed by atoms with Gasteiger partial charge in [0.1, 0.15) is 0 Å². The molecule has 0 spiro atoms. The standard InChI is InChI=1S/C14H17ClN2O3S/c1-3-20-13(19)8-7-12(18)17-14(21)16-11-6-4-5-10(15)9(11)2/h4-6H,3,7-8H2,1-2H3,(H2,16,17,18,21). The van der Waals surface area contributed by atoms with Crippen molar-refractivity contribution in [2.45, 2.75) is 26.7 Å². The van der Waals surface area contributed by atoms with Crippen LogP contribution in [0.2, 0.25) is 5.02 Å². The fourth-order valence-corrected chi connectivity index (χ4v) is 1.93. The van der Waals surface area contributed by atoms with Crippen molar-refractivity contribution in [1.29, 1.82) is 0 Å². The van der Waals surface area contributed by atoms with Crippen molar-refractivity contribution in [2.75, 3.05) is 11.9 Å². The van der Waals surface area contributed by atoms with Crippen molar-refractivity contribution in [2.24, 2.45) is 0 Å². The first-order valence-corrected chi connectivity index (χ1v) is 7.24. The monoisotopic (exact) mass is 328 g/mol. The summed E-state index contributed by atoms with van der Waals surface area (Å²) < 4.78 is 4.74. The van der Waals surface area contributed by atoms with Gasteiger partial charge in [-0.1, -0.05) is 17.7 Å². The van der Waals surface area contributed by atoms with E-state index in [2.05, 4.69) is 10.6 Å². The Kier molecular flexibility index (Phi) is 7.11.